The van der Waals surface area contributed by atoms with Crippen LogP contribution < -0.4 is 0 Å². The summed E-state index contributed by atoms with van der Waals surface area (Å²) in [6.07, 6.45) is 9.59. The van der Waals surface area contributed by atoms with Crippen molar-refractivity contribution in [1.82, 2.24) is 4.90 Å². The molecule has 0 aromatic carbocycles. The lowest BCUT2D eigenvalue weighted by Crippen LogP contribution is -2.55. The molecule has 0 radical (unpaired) electrons. The van der Waals surface area contributed by atoms with E-state index in [-0.39, 0.29) is 17.3 Å². The normalized spacial score (nSPS) is 39.1. The second kappa shape index (κ2) is 5.49. The predicted molar refractivity (Wildman–Crippen MR) is 86.5 cm³/mol. The van der Waals surface area contributed by atoms with Crippen molar-refractivity contribution in [1.29, 1.82) is 0 Å². The van der Waals surface area contributed by atoms with Crippen LogP contribution in [0.3, 0.4) is 0 Å². The van der Waals surface area contributed by atoms with Gasteiger partial charge in [0.1, 0.15) is 0 Å². The third-order valence-electron chi connectivity index (χ3n) is 6.81. The van der Waals surface area contributed by atoms with Gasteiger partial charge in [-0.1, -0.05) is 6.92 Å². The number of nitrogens with zero attached hydrogens (tertiary/aromatic N) is 1. The molecule has 1 unspecified atom stereocenters. The van der Waals surface area contributed by atoms with Gasteiger partial charge in [0.25, 0.3) is 0 Å². The Morgan fingerprint density at radius 2 is 1.61 bits per heavy atom. The number of carbonyl (C=O) groups excluding carboxylic acids is 2. The quantitative estimate of drug-likeness (QED) is 0.732. The Kier molecular flexibility index (Phi) is 3.69. The zero-order valence-corrected chi connectivity index (χ0v) is 14.4. The van der Waals surface area contributed by atoms with E-state index in [9.17, 15) is 9.59 Å². The monoisotopic (exact) mass is 319 g/mol. The van der Waals surface area contributed by atoms with Gasteiger partial charge in [0.15, 0.2) is 0 Å². The first-order valence-corrected chi connectivity index (χ1v) is 9.39. The lowest BCUT2D eigenvalue weighted by molar-refractivity contribution is -0.160. The molecule has 1 atom stereocenters. The van der Waals surface area contributed by atoms with Crippen molar-refractivity contribution >= 4 is 11.9 Å². The molecule has 0 saturated heterocycles. The fraction of sp³-hybridized carbons (Fsp3) is 0.895. The second-order valence-corrected chi connectivity index (χ2v) is 8.81. The van der Waals surface area contributed by atoms with Crippen LogP contribution in [-0.2, 0) is 14.3 Å². The SMILES string of the molecule is COC(=O)C(C)CN(C(=O)C12CC3CC(CC(C3)C1)C2)C1CC1. The molecule has 5 fully saturated rings. The number of hydrogen-bond acceptors (Lipinski definition) is 3. The van der Waals surface area contributed by atoms with Gasteiger partial charge in [0.2, 0.25) is 5.91 Å². The van der Waals surface area contributed by atoms with Crippen LogP contribution >= 0.6 is 0 Å². The van der Waals surface area contributed by atoms with Gasteiger partial charge in [-0.05, 0) is 69.1 Å². The molecule has 0 heterocycles. The van der Waals surface area contributed by atoms with Crippen molar-refractivity contribution in [2.24, 2.45) is 29.1 Å². The number of esters is 1. The third kappa shape index (κ3) is 2.68. The maximum atomic E-state index is 13.5. The number of hydrogen-bond donors (Lipinski definition) is 0. The molecule has 0 spiro atoms. The summed E-state index contributed by atoms with van der Waals surface area (Å²) < 4.78 is 4.87. The number of ether oxygens (including phenoxy) is 1. The van der Waals surface area contributed by atoms with E-state index in [1.165, 1.54) is 26.4 Å². The predicted octanol–water partition coefficient (Wildman–Crippen LogP) is 3.00. The van der Waals surface area contributed by atoms with Crippen LogP contribution in [0.5, 0.6) is 0 Å². The van der Waals surface area contributed by atoms with Crippen molar-refractivity contribution in [2.45, 2.75) is 64.3 Å². The van der Waals surface area contributed by atoms with E-state index in [1.807, 2.05) is 6.92 Å². The minimum atomic E-state index is -0.224. The number of rotatable bonds is 5. The van der Waals surface area contributed by atoms with Gasteiger partial charge in [-0.15, -0.1) is 0 Å². The number of methoxy groups -OCH3 is 1. The molecule has 5 rings (SSSR count). The van der Waals surface area contributed by atoms with Crippen molar-refractivity contribution in [3.63, 3.8) is 0 Å². The highest BCUT2D eigenvalue weighted by atomic mass is 16.5. The first-order chi connectivity index (χ1) is 11.0. The van der Waals surface area contributed by atoms with Gasteiger partial charge in [0, 0.05) is 12.6 Å². The Morgan fingerprint density at radius 3 is 2.04 bits per heavy atom. The van der Waals surface area contributed by atoms with E-state index in [0.29, 0.717) is 18.5 Å². The van der Waals surface area contributed by atoms with Crippen LogP contribution in [0.25, 0.3) is 0 Å². The number of carbonyl (C=O) groups is 2. The van der Waals surface area contributed by atoms with Gasteiger partial charge >= 0.3 is 5.97 Å². The summed E-state index contributed by atoms with van der Waals surface area (Å²) >= 11 is 0. The van der Waals surface area contributed by atoms with E-state index in [4.69, 9.17) is 4.74 Å². The standard InChI is InChI=1S/C19H29NO3/c1-12(17(21)23-2)11-20(16-3-4-16)18(22)19-8-13-5-14(9-19)7-15(6-13)10-19/h12-16H,3-11H2,1-2H3. The van der Waals surface area contributed by atoms with Crippen molar-refractivity contribution in [2.75, 3.05) is 13.7 Å². The molecule has 0 N–H and O–H groups in total. The molecule has 0 aliphatic heterocycles. The fourth-order valence-electron chi connectivity index (χ4n) is 6.03. The first-order valence-electron chi connectivity index (χ1n) is 9.39. The highest BCUT2D eigenvalue weighted by Gasteiger charge is 2.56. The fourth-order valence-corrected chi connectivity index (χ4v) is 6.03. The summed E-state index contributed by atoms with van der Waals surface area (Å²) in [5, 5.41) is 0. The Labute approximate surface area is 138 Å². The van der Waals surface area contributed by atoms with Gasteiger partial charge in [-0.2, -0.15) is 0 Å². The maximum absolute atomic E-state index is 13.5. The summed E-state index contributed by atoms with van der Waals surface area (Å²) in [6.45, 7) is 2.42. The molecule has 4 nitrogen and oxygen atoms in total. The molecule has 0 aromatic rings. The minimum absolute atomic E-state index is 0.0901. The smallest absolute Gasteiger partial charge is 0.310 e. The van der Waals surface area contributed by atoms with E-state index in [0.717, 1.165) is 49.9 Å². The van der Waals surface area contributed by atoms with E-state index in [1.54, 1.807) is 0 Å². The summed E-state index contributed by atoms with van der Waals surface area (Å²) in [5.74, 6) is 2.29. The second-order valence-electron chi connectivity index (χ2n) is 8.81. The molecular formula is C19H29NO3. The van der Waals surface area contributed by atoms with Crippen LogP contribution in [0.1, 0.15) is 58.3 Å². The van der Waals surface area contributed by atoms with Crippen LogP contribution in [-0.4, -0.2) is 36.5 Å². The van der Waals surface area contributed by atoms with E-state index < -0.39 is 0 Å². The van der Waals surface area contributed by atoms with Crippen molar-refractivity contribution in [3.8, 4) is 0 Å². The first kappa shape index (κ1) is 15.5. The third-order valence-corrected chi connectivity index (χ3v) is 6.81. The van der Waals surface area contributed by atoms with E-state index >= 15 is 0 Å². The summed E-state index contributed by atoms with van der Waals surface area (Å²) in [7, 11) is 1.43. The average Bonchev–Trinajstić information content (AvgIpc) is 3.34. The number of amides is 1. The highest BCUT2D eigenvalue weighted by molar-refractivity contribution is 5.84. The summed E-state index contributed by atoms with van der Waals surface area (Å²) in [4.78, 5) is 27.4. The Hall–Kier alpha value is -1.06. The van der Waals surface area contributed by atoms with Gasteiger partial charge < -0.3 is 9.64 Å². The lowest BCUT2D eigenvalue weighted by atomic mass is 9.49. The van der Waals surface area contributed by atoms with Crippen LogP contribution in [0.2, 0.25) is 0 Å². The van der Waals surface area contributed by atoms with Gasteiger partial charge in [-0.25, -0.2) is 0 Å². The van der Waals surface area contributed by atoms with Gasteiger partial charge in [-0.3, -0.25) is 9.59 Å². The molecule has 4 heteroatoms. The molecule has 0 aromatic heterocycles. The van der Waals surface area contributed by atoms with Crippen LogP contribution in [0.4, 0.5) is 0 Å². The molecule has 23 heavy (non-hydrogen) atoms. The Bertz CT molecular complexity index is 475. The molecular weight excluding hydrogens is 290 g/mol. The van der Waals surface area contributed by atoms with Crippen LogP contribution in [0.15, 0.2) is 0 Å². The highest BCUT2D eigenvalue weighted by Crippen LogP contribution is 2.61. The Balaban J connectivity index is 1.52. The zero-order chi connectivity index (χ0) is 16.2. The molecule has 1 amide bonds. The molecule has 4 bridgehead atoms. The van der Waals surface area contributed by atoms with Crippen molar-refractivity contribution in [3.05, 3.63) is 0 Å². The largest absolute Gasteiger partial charge is 0.469 e. The molecule has 128 valence electrons. The summed E-state index contributed by atoms with van der Waals surface area (Å²) in [6, 6.07) is 0.377. The zero-order valence-electron chi connectivity index (χ0n) is 14.4. The van der Waals surface area contributed by atoms with E-state index in [2.05, 4.69) is 4.90 Å². The van der Waals surface area contributed by atoms with Gasteiger partial charge in [0.05, 0.1) is 18.4 Å². The Morgan fingerprint density at radius 1 is 1.09 bits per heavy atom. The average molecular weight is 319 g/mol. The van der Waals surface area contributed by atoms with Crippen LogP contribution in [0, 0.1) is 29.1 Å². The molecule has 5 aliphatic carbocycles. The van der Waals surface area contributed by atoms with Crippen molar-refractivity contribution < 1.29 is 14.3 Å². The molecule has 5 saturated carbocycles. The topological polar surface area (TPSA) is 46.6 Å². The minimum Gasteiger partial charge on any atom is -0.469 e. The lowest BCUT2D eigenvalue weighted by Gasteiger charge is -2.56. The maximum Gasteiger partial charge on any atom is 0.310 e. The summed E-state index contributed by atoms with van der Waals surface area (Å²) in [5.41, 5.74) is -0.0901. The molecule has 5 aliphatic rings.